The summed E-state index contributed by atoms with van der Waals surface area (Å²) in [5.41, 5.74) is 3.44. The zero-order valence-electron chi connectivity index (χ0n) is 16.4. The molecule has 0 saturated carbocycles. The Hall–Kier alpha value is -1.87. The Morgan fingerprint density at radius 3 is 2.18 bits per heavy atom. The number of hydrogen-bond donors (Lipinski definition) is 1. The predicted octanol–water partition coefficient (Wildman–Crippen LogP) is 3.49. The Morgan fingerprint density at radius 1 is 1.00 bits per heavy atom. The van der Waals surface area contributed by atoms with E-state index in [0.29, 0.717) is 6.61 Å². The van der Waals surface area contributed by atoms with Crippen molar-refractivity contribution in [1.82, 2.24) is 10.2 Å². The van der Waals surface area contributed by atoms with Crippen LogP contribution in [0.4, 0.5) is 10.1 Å². The lowest BCUT2D eigenvalue weighted by molar-refractivity contribution is 0.185. The highest BCUT2D eigenvalue weighted by molar-refractivity contribution is 14.0. The molecule has 0 aromatic heterocycles. The number of hydrogen-bond acceptors (Lipinski definition) is 3. The van der Waals surface area contributed by atoms with Crippen LogP contribution in [-0.4, -0.2) is 51.2 Å². The maximum absolute atomic E-state index is 13.1. The van der Waals surface area contributed by atoms with Crippen molar-refractivity contribution in [1.29, 1.82) is 0 Å². The molecular formula is C21H28FIN4O. The molecule has 1 fully saturated rings. The lowest BCUT2D eigenvalue weighted by Crippen LogP contribution is -2.52. The van der Waals surface area contributed by atoms with E-state index in [1.165, 1.54) is 23.3 Å². The van der Waals surface area contributed by atoms with Gasteiger partial charge in [0.05, 0.1) is 6.61 Å². The van der Waals surface area contributed by atoms with Crippen molar-refractivity contribution in [3.05, 3.63) is 65.5 Å². The number of aliphatic imine (C=N–C) groups is 1. The second-order valence-corrected chi connectivity index (χ2v) is 6.60. The fraction of sp³-hybridized carbons (Fsp3) is 0.381. The molecule has 0 spiro atoms. The summed E-state index contributed by atoms with van der Waals surface area (Å²) in [4.78, 5) is 8.97. The van der Waals surface area contributed by atoms with Crippen molar-refractivity contribution >= 4 is 35.6 Å². The summed E-state index contributed by atoms with van der Waals surface area (Å²) in [5.74, 6) is 0.715. The third-order valence-electron chi connectivity index (χ3n) is 4.77. The maximum Gasteiger partial charge on any atom is 0.194 e. The molecule has 28 heavy (non-hydrogen) atoms. The lowest BCUT2D eigenvalue weighted by Gasteiger charge is -2.37. The molecule has 1 aliphatic heterocycles. The van der Waals surface area contributed by atoms with Crippen LogP contribution in [0.3, 0.4) is 0 Å². The number of piperazine rings is 1. The summed E-state index contributed by atoms with van der Waals surface area (Å²) in [7, 11) is 3.52. The molecule has 1 N–H and O–H groups in total. The number of rotatable bonds is 5. The zero-order chi connectivity index (χ0) is 19.1. The largest absolute Gasteiger partial charge is 0.380 e. The van der Waals surface area contributed by atoms with Crippen LogP contribution in [0.1, 0.15) is 11.1 Å². The molecule has 0 aliphatic carbocycles. The number of nitrogens with zero attached hydrogens (tertiary/aromatic N) is 3. The van der Waals surface area contributed by atoms with Gasteiger partial charge in [-0.1, -0.05) is 24.3 Å². The molecule has 0 bridgehead atoms. The number of halogens is 2. The molecule has 7 heteroatoms. The van der Waals surface area contributed by atoms with Crippen molar-refractivity contribution in [2.24, 2.45) is 4.99 Å². The van der Waals surface area contributed by atoms with Gasteiger partial charge in [-0.25, -0.2) is 4.39 Å². The Labute approximate surface area is 183 Å². The van der Waals surface area contributed by atoms with Crippen molar-refractivity contribution in [2.45, 2.75) is 13.2 Å². The first-order valence-corrected chi connectivity index (χ1v) is 9.22. The first kappa shape index (κ1) is 22.4. The third-order valence-corrected chi connectivity index (χ3v) is 4.77. The van der Waals surface area contributed by atoms with Crippen LogP contribution in [0.15, 0.2) is 53.5 Å². The number of anilines is 1. The summed E-state index contributed by atoms with van der Waals surface area (Å²) < 4.78 is 18.2. The number of guanidine groups is 1. The summed E-state index contributed by atoms with van der Waals surface area (Å²) in [6.07, 6.45) is 0. The van der Waals surface area contributed by atoms with Crippen LogP contribution in [0.25, 0.3) is 0 Å². The lowest BCUT2D eigenvalue weighted by atomic mass is 10.1. The SMILES string of the molecule is CN=C(NCc1ccc(COC)cc1)N1CCN(c2ccc(F)cc2)CC1.I. The zero-order valence-corrected chi connectivity index (χ0v) is 18.7. The van der Waals surface area contributed by atoms with E-state index in [9.17, 15) is 4.39 Å². The van der Waals surface area contributed by atoms with E-state index in [0.717, 1.165) is 44.4 Å². The molecule has 0 amide bonds. The van der Waals surface area contributed by atoms with E-state index in [4.69, 9.17) is 4.74 Å². The molecule has 1 heterocycles. The smallest absolute Gasteiger partial charge is 0.194 e. The third kappa shape index (κ3) is 6.07. The van der Waals surface area contributed by atoms with Gasteiger partial charge in [-0.3, -0.25) is 4.99 Å². The minimum absolute atomic E-state index is 0. The fourth-order valence-corrected chi connectivity index (χ4v) is 3.26. The molecular weight excluding hydrogens is 470 g/mol. The van der Waals surface area contributed by atoms with Gasteiger partial charge < -0.3 is 19.9 Å². The van der Waals surface area contributed by atoms with Crippen molar-refractivity contribution in [2.75, 3.05) is 45.2 Å². The Morgan fingerprint density at radius 2 is 1.61 bits per heavy atom. The van der Waals surface area contributed by atoms with Gasteiger partial charge >= 0.3 is 0 Å². The molecule has 2 aromatic carbocycles. The highest BCUT2D eigenvalue weighted by Gasteiger charge is 2.19. The van der Waals surface area contributed by atoms with Crippen LogP contribution in [0.2, 0.25) is 0 Å². The first-order chi connectivity index (χ1) is 13.2. The molecule has 5 nitrogen and oxygen atoms in total. The van der Waals surface area contributed by atoms with Gasteiger partial charge in [0, 0.05) is 52.6 Å². The van der Waals surface area contributed by atoms with Gasteiger partial charge in [0.2, 0.25) is 0 Å². The van der Waals surface area contributed by atoms with E-state index < -0.39 is 0 Å². The fourth-order valence-electron chi connectivity index (χ4n) is 3.26. The second-order valence-electron chi connectivity index (χ2n) is 6.60. The highest BCUT2D eigenvalue weighted by atomic mass is 127. The summed E-state index contributed by atoms with van der Waals surface area (Å²) in [6.45, 7) is 4.90. The van der Waals surface area contributed by atoms with Crippen molar-refractivity contribution in [3.8, 4) is 0 Å². The Balaban J connectivity index is 0.00000280. The van der Waals surface area contributed by atoms with Crippen molar-refractivity contribution in [3.63, 3.8) is 0 Å². The summed E-state index contributed by atoms with van der Waals surface area (Å²) in [5, 5.41) is 3.45. The van der Waals surface area contributed by atoms with E-state index in [-0.39, 0.29) is 29.8 Å². The standard InChI is InChI=1S/C21H27FN4O.HI/c1-23-21(24-15-17-3-5-18(6-4-17)16-27-2)26-13-11-25(12-14-26)20-9-7-19(22)8-10-20;/h3-10H,11-16H2,1-2H3,(H,23,24);1H. The molecule has 0 radical (unpaired) electrons. The molecule has 152 valence electrons. The van der Waals surface area contributed by atoms with Crippen LogP contribution in [-0.2, 0) is 17.9 Å². The Kier molecular flexibility index (Phi) is 8.98. The monoisotopic (exact) mass is 498 g/mol. The minimum Gasteiger partial charge on any atom is -0.380 e. The van der Waals surface area contributed by atoms with Gasteiger partial charge in [-0.15, -0.1) is 24.0 Å². The summed E-state index contributed by atoms with van der Waals surface area (Å²) >= 11 is 0. The highest BCUT2D eigenvalue weighted by Crippen LogP contribution is 2.17. The average Bonchev–Trinajstić information content (AvgIpc) is 2.71. The van der Waals surface area contributed by atoms with Gasteiger partial charge in [-0.2, -0.15) is 0 Å². The van der Waals surface area contributed by atoms with E-state index >= 15 is 0 Å². The predicted molar refractivity (Wildman–Crippen MR) is 123 cm³/mol. The summed E-state index contributed by atoms with van der Waals surface area (Å²) in [6, 6.07) is 15.1. The number of ether oxygens (including phenoxy) is 1. The van der Waals surface area contributed by atoms with Gasteiger partial charge in [0.25, 0.3) is 0 Å². The van der Waals surface area contributed by atoms with E-state index in [1.54, 1.807) is 7.11 Å². The number of methoxy groups -OCH3 is 1. The van der Waals surface area contributed by atoms with Gasteiger partial charge in [-0.05, 0) is 35.4 Å². The minimum atomic E-state index is -0.197. The topological polar surface area (TPSA) is 40.1 Å². The first-order valence-electron chi connectivity index (χ1n) is 9.22. The second kappa shape index (κ2) is 11.2. The normalized spacial score (nSPS) is 14.6. The number of nitrogens with one attached hydrogen (secondary N) is 1. The number of benzene rings is 2. The van der Waals surface area contributed by atoms with E-state index in [2.05, 4.69) is 44.4 Å². The molecule has 1 saturated heterocycles. The van der Waals surface area contributed by atoms with Crippen LogP contribution < -0.4 is 10.2 Å². The molecule has 0 unspecified atom stereocenters. The molecule has 0 atom stereocenters. The van der Waals surface area contributed by atoms with E-state index in [1.807, 2.05) is 19.2 Å². The Bertz CT molecular complexity index is 744. The van der Waals surface area contributed by atoms with Gasteiger partial charge in [0.15, 0.2) is 5.96 Å². The van der Waals surface area contributed by atoms with Crippen LogP contribution in [0.5, 0.6) is 0 Å². The maximum atomic E-state index is 13.1. The van der Waals surface area contributed by atoms with Crippen LogP contribution in [0, 0.1) is 5.82 Å². The average molecular weight is 498 g/mol. The molecule has 2 aromatic rings. The van der Waals surface area contributed by atoms with Crippen LogP contribution >= 0.6 is 24.0 Å². The molecule has 1 aliphatic rings. The molecule has 3 rings (SSSR count). The van der Waals surface area contributed by atoms with Crippen molar-refractivity contribution < 1.29 is 9.13 Å². The van der Waals surface area contributed by atoms with Gasteiger partial charge in [0.1, 0.15) is 5.82 Å². The quantitative estimate of drug-likeness (QED) is 0.390.